The van der Waals surface area contributed by atoms with Crippen molar-refractivity contribution in [2.24, 2.45) is 11.1 Å². The monoisotopic (exact) mass is 286 g/mol. The van der Waals surface area contributed by atoms with E-state index in [2.05, 4.69) is 29.6 Å². The van der Waals surface area contributed by atoms with Crippen LogP contribution < -0.4 is 11.1 Å². The van der Waals surface area contributed by atoms with Crippen molar-refractivity contribution in [1.29, 1.82) is 0 Å². The largest absolute Gasteiger partial charge is 0.353 e. The van der Waals surface area contributed by atoms with Gasteiger partial charge >= 0.3 is 0 Å². The van der Waals surface area contributed by atoms with E-state index >= 15 is 0 Å². The Hall–Kier alpha value is -1.35. The molecular formula is C18H26N2O. The SMILES string of the molecule is NCC1(CC(=O)NC2Cc3ccccc3C2)CCCCC1. The summed E-state index contributed by atoms with van der Waals surface area (Å²) >= 11 is 0. The fraction of sp³-hybridized carbons (Fsp3) is 0.611. The topological polar surface area (TPSA) is 55.1 Å². The normalized spacial score (nSPS) is 21.0. The van der Waals surface area contributed by atoms with Crippen molar-refractivity contribution in [2.45, 2.75) is 57.4 Å². The Kier molecular flexibility index (Phi) is 4.29. The zero-order valence-corrected chi connectivity index (χ0v) is 12.7. The number of hydrogen-bond donors (Lipinski definition) is 2. The van der Waals surface area contributed by atoms with Crippen molar-refractivity contribution in [1.82, 2.24) is 5.32 Å². The summed E-state index contributed by atoms with van der Waals surface area (Å²) in [5, 5.41) is 3.24. The molecule has 0 spiro atoms. The van der Waals surface area contributed by atoms with E-state index in [0.29, 0.717) is 13.0 Å². The van der Waals surface area contributed by atoms with E-state index in [1.165, 1.54) is 30.4 Å². The number of rotatable bonds is 4. The highest BCUT2D eigenvalue weighted by Gasteiger charge is 2.34. The van der Waals surface area contributed by atoms with E-state index in [0.717, 1.165) is 25.7 Å². The molecular weight excluding hydrogens is 260 g/mol. The molecule has 1 saturated carbocycles. The molecule has 0 unspecified atom stereocenters. The van der Waals surface area contributed by atoms with Gasteiger partial charge in [0.05, 0.1) is 0 Å². The maximum atomic E-state index is 12.4. The maximum Gasteiger partial charge on any atom is 0.220 e. The Morgan fingerprint density at radius 2 is 1.76 bits per heavy atom. The molecule has 1 amide bonds. The number of fused-ring (bicyclic) bond motifs is 1. The second-order valence-electron chi connectivity index (χ2n) is 6.88. The number of carbonyl (C=O) groups excluding carboxylic acids is 1. The molecule has 3 nitrogen and oxygen atoms in total. The van der Waals surface area contributed by atoms with Crippen LogP contribution in [0.5, 0.6) is 0 Å². The average molecular weight is 286 g/mol. The number of nitrogens with two attached hydrogens (primary N) is 1. The second-order valence-corrected chi connectivity index (χ2v) is 6.88. The number of nitrogens with one attached hydrogen (secondary N) is 1. The van der Waals surface area contributed by atoms with Crippen molar-refractivity contribution in [3.8, 4) is 0 Å². The molecule has 21 heavy (non-hydrogen) atoms. The van der Waals surface area contributed by atoms with Gasteiger partial charge in [-0.25, -0.2) is 0 Å². The van der Waals surface area contributed by atoms with E-state index in [4.69, 9.17) is 5.73 Å². The van der Waals surface area contributed by atoms with Gasteiger partial charge in [-0.15, -0.1) is 0 Å². The summed E-state index contributed by atoms with van der Waals surface area (Å²) in [6, 6.07) is 8.77. The van der Waals surface area contributed by atoms with Crippen LogP contribution in [0.1, 0.15) is 49.7 Å². The van der Waals surface area contributed by atoms with Crippen molar-refractivity contribution in [2.75, 3.05) is 6.54 Å². The molecule has 0 aliphatic heterocycles. The molecule has 2 aliphatic carbocycles. The predicted molar refractivity (Wildman–Crippen MR) is 85.0 cm³/mol. The lowest BCUT2D eigenvalue weighted by Crippen LogP contribution is -2.42. The summed E-state index contributed by atoms with van der Waals surface area (Å²) in [6.45, 7) is 0.644. The summed E-state index contributed by atoms with van der Waals surface area (Å²) in [7, 11) is 0. The molecule has 1 fully saturated rings. The van der Waals surface area contributed by atoms with Gasteiger partial charge in [-0.1, -0.05) is 43.5 Å². The Labute approximate surface area is 127 Å². The Morgan fingerprint density at radius 1 is 1.14 bits per heavy atom. The zero-order chi connectivity index (χ0) is 14.7. The third-order valence-corrected chi connectivity index (χ3v) is 5.30. The van der Waals surface area contributed by atoms with Gasteiger partial charge < -0.3 is 11.1 Å². The zero-order valence-electron chi connectivity index (χ0n) is 12.7. The van der Waals surface area contributed by atoms with Gasteiger partial charge in [0.2, 0.25) is 5.91 Å². The van der Waals surface area contributed by atoms with E-state index in [-0.39, 0.29) is 17.4 Å². The fourth-order valence-electron chi connectivity index (χ4n) is 4.04. The first-order chi connectivity index (χ1) is 10.2. The third kappa shape index (κ3) is 3.29. The van der Waals surface area contributed by atoms with Crippen molar-refractivity contribution >= 4 is 5.91 Å². The lowest BCUT2D eigenvalue weighted by molar-refractivity contribution is -0.124. The van der Waals surface area contributed by atoms with Gasteiger partial charge in [0.1, 0.15) is 0 Å². The minimum atomic E-state index is 0.0633. The Balaban J connectivity index is 1.55. The van der Waals surface area contributed by atoms with Crippen LogP contribution in [-0.2, 0) is 17.6 Å². The number of amides is 1. The van der Waals surface area contributed by atoms with E-state index in [1.807, 2.05) is 0 Å². The van der Waals surface area contributed by atoms with Gasteiger partial charge in [-0.05, 0) is 48.8 Å². The molecule has 3 rings (SSSR count). The first-order valence-corrected chi connectivity index (χ1v) is 8.27. The third-order valence-electron chi connectivity index (χ3n) is 5.30. The summed E-state index contributed by atoms with van der Waals surface area (Å²) in [5.41, 5.74) is 8.81. The van der Waals surface area contributed by atoms with Gasteiger partial charge in [0.15, 0.2) is 0 Å². The van der Waals surface area contributed by atoms with Crippen LogP contribution in [0, 0.1) is 5.41 Å². The molecule has 1 aromatic rings. The van der Waals surface area contributed by atoms with E-state index in [1.54, 1.807) is 0 Å². The van der Waals surface area contributed by atoms with Crippen LogP contribution >= 0.6 is 0 Å². The highest BCUT2D eigenvalue weighted by Crippen LogP contribution is 2.38. The van der Waals surface area contributed by atoms with E-state index < -0.39 is 0 Å². The standard InChI is InChI=1S/C18H26N2O/c19-13-18(8-4-1-5-9-18)12-17(21)20-16-10-14-6-2-3-7-15(14)11-16/h2-3,6-7,16H,1,4-5,8-13,19H2,(H,20,21). The molecule has 0 aromatic heterocycles. The van der Waals surface area contributed by atoms with Crippen LogP contribution in [0.15, 0.2) is 24.3 Å². The smallest absolute Gasteiger partial charge is 0.220 e. The second kappa shape index (κ2) is 6.18. The lowest BCUT2D eigenvalue weighted by Gasteiger charge is -2.36. The Morgan fingerprint density at radius 3 is 2.33 bits per heavy atom. The number of benzene rings is 1. The van der Waals surface area contributed by atoms with E-state index in [9.17, 15) is 4.79 Å². The summed E-state index contributed by atoms with van der Waals surface area (Å²) in [6.07, 6.45) is 8.51. The van der Waals surface area contributed by atoms with Gasteiger partial charge in [-0.3, -0.25) is 4.79 Å². The fourth-order valence-corrected chi connectivity index (χ4v) is 4.04. The molecule has 0 radical (unpaired) electrons. The lowest BCUT2D eigenvalue weighted by atomic mass is 9.71. The van der Waals surface area contributed by atoms with Gasteiger partial charge in [0, 0.05) is 12.5 Å². The predicted octanol–water partition coefficient (Wildman–Crippen LogP) is 2.57. The van der Waals surface area contributed by atoms with Crippen molar-refractivity contribution in [3.63, 3.8) is 0 Å². The molecule has 0 atom stereocenters. The van der Waals surface area contributed by atoms with Gasteiger partial charge in [0.25, 0.3) is 0 Å². The first kappa shape index (κ1) is 14.6. The van der Waals surface area contributed by atoms with Crippen molar-refractivity contribution < 1.29 is 4.79 Å². The van der Waals surface area contributed by atoms with Crippen LogP contribution in [0.2, 0.25) is 0 Å². The quantitative estimate of drug-likeness (QED) is 0.894. The Bertz CT molecular complexity index is 481. The first-order valence-electron chi connectivity index (χ1n) is 8.27. The highest BCUT2D eigenvalue weighted by atomic mass is 16.1. The van der Waals surface area contributed by atoms with Crippen LogP contribution in [0.4, 0.5) is 0 Å². The summed E-state index contributed by atoms with van der Waals surface area (Å²) in [4.78, 5) is 12.4. The molecule has 2 aliphatic rings. The molecule has 0 bridgehead atoms. The molecule has 3 heteroatoms. The maximum absolute atomic E-state index is 12.4. The molecule has 0 saturated heterocycles. The summed E-state index contributed by atoms with van der Waals surface area (Å²) < 4.78 is 0. The minimum Gasteiger partial charge on any atom is -0.353 e. The van der Waals surface area contributed by atoms with Gasteiger partial charge in [-0.2, -0.15) is 0 Å². The van der Waals surface area contributed by atoms with Crippen molar-refractivity contribution in [3.05, 3.63) is 35.4 Å². The highest BCUT2D eigenvalue weighted by molar-refractivity contribution is 5.77. The number of carbonyl (C=O) groups is 1. The molecule has 3 N–H and O–H groups in total. The molecule has 0 heterocycles. The van der Waals surface area contributed by atoms with Crippen LogP contribution in [-0.4, -0.2) is 18.5 Å². The minimum absolute atomic E-state index is 0.0633. The molecule has 1 aromatic carbocycles. The van der Waals surface area contributed by atoms with Crippen LogP contribution in [0.25, 0.3) is 0 Å². The average Bonchev–Trinajstić information content (AvgIpc) is 2.90. The van der Waals surface area contributed by atoms with Crippen LogP contribution in [0.3, 0.4) is 0 Å². The number of hydrogen-bond acceptors (Lipinski definition) is 2. The molecule has 114 valence electrons. The summed E-state index contributed by atoms with van der Waals surface area (Å²) in [5.74, 6) is 0.195.